The molecule has 0 radical (unpaired) electrons. The van der Waals surface area contributed by atoms with Crippen molar-refractivity contribution < 1.29 is 0 Å². The molecule has 0 atom stereocenters. The Morgan fingerprint density at radius 3 is 2.47 bits per heavy atom. The van der Waals surface area contributed by atoms with Crippen LogP contribution < -0.4 is 0 Å². The van der Waals surface area contributed by atoms with Gasteiger partial charge in [-0.1, -0.05) is 40.9 Å². The molecule has 0 N–H and O–H groups in total. The second kappa shape index (κ2) is 5.71. The van der Waals surface area contributed by atoms with Gasteiger partial charge < -0.3 is 0 Å². The summed E-state index contributed by atoms with van der Waals surface area (Å²) in [5.74, 6) is 1.30. The minimum atomic E-state index is 0.379. The molecular weight excluding hydrogens is 275 g/mol. The number of thioether (sulfide) groups is 1. The molecule has 0 fully saturated rings. The second-order valence-electron chi connectivity index (χ2n) is 3.53. The second-order valence-corrected chi connectivity index (χ2v) is 5.36. The summed E-state index contributed by atoms with van der Waals surface area (Å²) in [5.41, 5.74) is 1.24. The van der Waals surface area contributed by atoms with Crippen molar-refractivity contribution in [3.05, 3.63) is 52.0 Å². The normalized spacial score (nSPS) is 10.5. The Balaban J connectivity index is 2.07. The molecule has 0 saturated carbocycles. The maximum Gasteiger partial charge on any atom is 0.142 e. The molecular formula is C12H10Cl2N2S. The first-order valence-corrected chi connectivity index (χ1v) is 6.76. The van der Waals surface area contributed by atoms with E-state index in [1.807, 2.05) is 6.07 Å². The van der Waals surface area contributed by atoms with Crippen LogP contribution in [0.4, 0.5) is 0 Å². The molecule has 0 saturated heterocycles. The fraction of sp³-hybridized carbons (Fsp3) is 0.167. The van der Waals surface area contributed by atoms with Crippen molar-refractivity contribution in [1.29, 1.82) is 0 Å². The average Bonchev–Trinajstić information content (AvgIpc) is 2.25. The Hall–Kier alpha value is -0.770. The molecule has 0 amide bonds. The molecule has 2 nitrogen and oxygen atoms in total. The summed E-state index contributed by atoms with van der Waals surface area (Å²) in [6.07, 6.45) is 0. The van der Waals surface area contributed by atoms with E-state index in [1.165, 1.54) is 16.5 Å². The highest BCUT2D eigenvalue weighted by atomic mass is 35.5. The zero-order valence-corrected chi connectivity index (χ0v) is 11.5. The zero-order chi connectivity index (χ0) is 12.3. The quantitative estimate of drug-likeness (QED) is 0.618. The van der Waals surface area contributed by atoms with Crippen LogP contribution in [0.25, 0.3) is 0 Å². The minimum Gasteiger partial charge on any atom is -0.220 e. The van der Waals surface area contributed by atoms with Gasteiger partial charge in [-0.25, -0.2) is 9.97 Å². The standard InChI is InChI=1S/C12H10Cl2N2S/c1-8-3-2-4-9(5-8)17-7-12-15-10(13)6-11(14)16-12/h2-6H,7H2,1H3. The lowest BCUT2D eigenvalue weighted by Crippen LogP contribution is -1.93. The topological polar surface area (TPSA) is 25.8 Å². The number of hydrogen-bond donors (Lipinski definition) is 0. The van der Waals surface area contributed by atoms with Crippen molar-refractivity contribution in [2.45, 2.75) is 17.6 Å². The SMILES string of the molecule is Cc1cccc(SCc2nc(Cl)cc(Cl)n2)c1. The van der Waals surface area contributed by atoms with Crippen molar-refractivity contribution in [2.75, 3.05) is 0 Å². The van der Waals surface area contributed by atoms with Gasteiger partial charge >= 0.3 is 0 Å². The van der Waals surface area contributed by atoms with Crippen molar-refractivity contribution >= 4 is 35.0 Å². The van der Waals surface area contributed by atoms with Gasteiger partial charge in [-0.05, 0) is 19.1 Å². The predicted octanol–water partition coefficient (Wildman–Crippen LogP) is 4.38. The summed E-state index contributed by atoms with van der Waals surface area (Å²) >= 11 is 13.3. The molecule has 5 heteroatoms. The summed E-state index contributed by atoms with van der Waals surface area (Å²) in [7, 11) is 0. The zero-order valence-electron chi connectivity index (χ0n) is 9.15. The predicted molar refractivity (Wildman–Crippen MR) is 72.8 cm³/mol. The molecule has 0 bridgehead atoms. The lowest BCUT2D eigenvalue weighted by atomic mass is 10.2. The van der Waals surface area contributed by atoms with Gasteiger partial charge in [0.25, 0.3) is 0 Å². The number of hydrogen-bond acceptors (Lipinski definition) is 3. The van der Waals surface area contributed by atoms with Gasteiger partial charge in [0, 0.05) is 11.0 Å². The lowest BCUT2D eigenvalue weighted by molar-refractivity contribution is 1.03. The molecule has 2 aromatic rings. The third-order valence-corrected chi connectivity index (χ3v) is 3.44. The van der Waals surface area contributed by atoms with Crippen molar-refractivity contribution in [3.8, 4) is 0 Å². The molecule has 88 valence electrons. The molecule has 17 heavy (non-hydrogen) atoms. The fourth-order valence-electron chi connectivity index (χ4n) is 1.35. The van der Waals surface area contributed by atoms with Gasteiger partial charge in [-0.3, -0.25) is 0 Å². The Morgan fingerprint density at radius 2 is 1.82 bits per heavy atom. The van der Waals surface area contributed by atoms with E-state index in [0.717, 1.165) is 0 Å². The maximum absolute atomic E-state index is 5.81. The number of aryl methyl sites for hydroxylation is 1. The van der Waals surface area contributed by atoms with Crippen LogP contribution in [-0.2, 0) is 5.75 Å². The van der Waals surface area contributed by atoms with Gasteiger partial charge in [0.15, 0.2) is 0 Å². The highest BCUT2D eigenvalue weighted by Gasteiger charge is 2.03. The van der Waals surface area contributed by atoms with E-state index in [2.05, 4.69) is 35.1 Å². The van der Waals surface area contributed by atoms with Crippen LogP contribution in [0.5, 0.6) is 0 Å². The first-order chi connectivity index (χ1) is 8.13. The first kappa shape index (κ1) is 12.7. The Morgan fingerprint density at radius 1 is 1.12 bits per heavy atom. The fourth-order valence-corrected chi connectivity index (χ4v) is 2.68. The third kappa shape index (κ3) is 3.87. The van der Waals surface area contributed by atoms with Gasteiger partial charge in [-0.2, -0.15) is 0 Å². The average molecular weight is 285 g/mol. The number of rotatable bonds is 3. The first-order valence-electron chi connectivity index (χ1n) is 5.02. The Labute approximate surface area is 114 Å². The number of halogens is 2. The molecule has 1 aromatic carbocycles. The van der Waals surface area contributed by atoms with Crippen LogP contribution in [0.1, 0.15) is 11.4 Å². The van der Waals surface area contributed by atoms with Crippen LogP contribution >= 0.6 is 35.0 Å². The Kier molecular flexibility index (Phi) is 4.26. The molecule has 0 aliphatic carbocycles. The van der Waals surface area contributed by atoms with Crippen LogP contribution in [0.2, 0.25) is 10.3 Å². The summed E-state index contributed by atoms with van der Waals surface area (Å²) in [4.78, 5) is 9.43. The minimum absolute atomic E-state index is 0.379. The highest BCUT2D eigenvalue weighted by molar-refractivity contribution is 7.98. The summed E-state index contributed by atoms with van der Waals surface area (Å²) in [6.45, 7) is 2.07. The van der Waals surface area contributed by atoms with E-state index in [0.29, 0.717) is 21.9 Å². The molecule has 0 aliphatic heterocycles. The smallest absolute Gasteiger partial charge is 0.142 e. The van der Waals surface area contributed by atoms with Crippen LogP contribution in [0.3, 0.4) is 0 Å². The molecule has 0 unspecified atom stereocenters. The van der Waals surface area contributed by atoms with Gasteiger partial charge in [0.1, 0.15) is 16.1 Å². The summed E-state index contributed by atoms with van der Waals surface area (Å²) in [5, 5.41) is 0.759. The number of aromatic nitrogens is 2. The van der Waals surface area contributed by atoms with E-state index < -0.39 is 0 Å². The van der Waals surface area contributed by atoms with E-state index in [-0.39, 0.29) is 0 Å². The van der Waals surface area contributed by atoms with E-state index >= 15 is 0 Å². The monoisotopic (exact) mass is 284 g/mol. The lowest BCUT2D eigenvalue weighted by Gasteiger charge is -2.03. The van der Waals surface area contributed by atoms with Crippen molar-refractivity contribution in [3.63, 3.8) is 0 Å². The van der Waals surface area contributed by atoms with Crippen molar-refractivity contribution in [2.24, 2.45) is 0 Å². The molecule has 1 aromatic heterocycles. The maximum atomic E-state index is 5.81. The molecule has 0 aliphatic rings. The molecule has 2 rings (SSSR count). The van der Waals surface area contributed by atoms with Crippen LogP contribution in [0.15, 0.2) is 35.2 Å². The summed E-state index contributed by atoms with van der Waals surface area (Å²) < 4.78 is 0. The van der Waals surface area contributed by atoms with Gasteiger partial charge in [-0.15, -0.1) is 11.8 Å². The van der Waals surface area contributed by atoms with E-state index in [9.17, 15) is 0 Å². The summed E-state index contributed by atoms with van der Waals surface area (Å²) in [6, 6.07) is 9.81. The van der Waals surface area contributed by atoms with Crippen LogP contribution in [0, 0.1) is 6.92 Å². The number of nitrogens with zero attached hydrogens (tertiary/aromatic N) is 2. The molecule has 1 heterocycles. The van der Waals surface area contributed by atoms with Gasteiger partial charge in [0.05, 0.1) is 5.75 Å². The third-order valence-electron chi connectivity index (χ3n) is 2.07. The van der Waals surface area contributed by atoms with Crippen LogP contribution in [-0.4, -0.2) is 9.97 Å². The largest absolute Gasteiger partial charge is 0.220 e. The van der Waals surface area contributed by atoms with E-state index in [4.69, 9.17) is 23.2 Å². The van der Waals surface area contributed by atoms with Crippen molar-refractivity contribution in [1.82, 2.24) is 9.97 Å². The van der Waals surface area contributed by atoms with E-state index in [1.54, 1.807) is 11.8 Å². The highest BCUT2D eigenvalue weighted by Crippen LogP contribution is 2.23. The molecule has 0 spiro atoms. The number of benzene rings is 1. The Bertz CT molecular complexity index is 511. The van der Waals surface area contributed by atoms with Gasteiger partial charge in [0.2, 0.25) is 0 Å².